The van der Waals surface area contributed by atoms with E-state index in [0.717, 1.165) is 44.5 Å². The van der Waals surface area contributed by atoms with Gasteiger partial charge in [0.15, 0.2) is 0 Å². The average Bonchev–Trinajstić information content (AvgIpc) is 2.30. The van der Waals surface area contributed by atoms with Crippen LogP contribution in [0, 0.1) is 5.92 Å². The van der Waals surface area contributed by atoms with Crippen LogP contribution in [0.2, 0.25) is 0 Å². The molecule has 0 unspecified atom stereocenters. The second kappa shape index (κ2) is 8.31. The summed E-state index contributed by atoms with van der Waals surface area (Å²) in [5.41, 5.74) is 2.72. The van der Waals surface area contributed by atoms with Gasteiger partial charge in [0.2, 0.25) is 5.96 Å². The van der Waals surface area contributed by atoms with Crippen molar-refractivity contribution in [2.24, 2.45) is 16.8 Å². The highest BCUT2D eigenvalue weighted by atomic mass is 16.5. The van der Waals surface area contributed by atoms with Gasteiger partial charge in [-0.3, -0.25) is 10.4 Å². The fourth-order valence-electron chi connectivity index (χ4n) is 1.98. The summed E-state index contributed by atoms with van der Waals surface area (Å²) in [6.45, 7) is 5.67. The van der Waals surface area contributed by atoms with Gasteiger partial charge in [-0.2, -0.15) is 0 Å². The summed E-state index contributed by atoms with van der Waals surface area (Å²) in [7, 11) is 1.71. The molecular formula is C12H26N4O. The molecule has 0 aromatic heterocycles. The summed E-state index contributed by atoms with van der Waals surface area (Å²) in [4.78, 5) is 6.72. The van der Waals surface area contributed by atoms with Gasteiger partial charge in [0, 0.05) is 33.4 Å². The lowest BCUT2D eigenvalue weighted by atomic mass is 9.85. The molecule has 0 bridgehead atoms. The first-order valence-corrected chi connectivity index (χ1v) is 6.56. The van der Waals surface area contributed by atoms with E-state index in [9.17, 15) is 0 Å². The van der Waals surface area contributed by atoms with Crippen molar-refractivity contribution in [3.05, 3.63) is 0 Å². The van der Waals surface area contributed by atoms with Crippen LogP contribution in [0.15, 0.2) is 4.99 Å². The van der Waals surface area contributed by atoms with Crippen LogP contribution >= 0.6 is 0 Å². The van der Waals surface area contributed by atoms with E-state index in [-0.39, 0.29) is 0 Å². The Hall–Kier alpha value is -0.810. The molecule has 0 aromatic carbocycles. The van der Waals surface area contributed by atoms with E-state index in [1.165, 1.54) is 19.3 Å². The Bertz CT molecular complexity index is 229. The number of hydrazine groups is 1. The number of aliphatic imine (C=N–C) groups is 1. The summed E-state index contributed by atoms with van der Waals surface area (Å²) < 4.78 is 5.00. The molecule has 1 rings (SSSR count). The van der Waals surface area contributed by atoms with Crippen molar-refractivity contribution in [1.82, 2.24) is 10.3 Å². The van der Waals surface area contributed by atoms with Crippen LogP contribution in [0.25, 0.3) is 0 Å². The summed E-state index contributed by atoms with van der Waals surface area (Å²) in [6, 6.07) is 0. The highest BCUT2D eigenvalue weighted by Crippen LogP contribution is 2.26. The third-order valence-electron chi connectivity index (χ3n) is 3.28. The van der Waals surface area contributed by atoms with Gasteiger partial charge in [0.05, 0.1) is 0 Å². The van der Waals surface area contributed by atoms with Crippen LogP contribution in [0.1, 0.15) is 32.6 Å². The predicted octanol–water partition coefficient (Wildman–Crippen LogP) is 0.964. The Morgan fingerprint density at radius 1 is 1.53 bits per heavy atom. The Labute approximate surface area is 104 Å². The molecule has 100 valence electrons. The molecule has 0 saturated heterocycles. The molecule has 1 fully saturated rings. The molecule has 0 radical (unpaired) electrons. The van der Waals surface area contributed by atoms with Crippen LogP contribution in [0.5, 0.6) is 0 Å². The van der Waals surface area contributed by atoms with Crippen molar-refractivity contribution < 1.29 is 4.74 Å². The summed E-state index contributed by atoms with van der Waals surface area (Å²) in [6.07, 6.45) is 5.00. The zero-order valence-electron chi connectivity index (χ0n) is 11.1. The van der Waals surface area contributed by atoms with Gasteiger partial charge in [0.25, 0.3) is 0 Å². The highest BCUT2D eigenvalue weighted by Gasteiger charge is 2.21. The van der Waals surface area contributed by atoms with Crippen molar-refractivity contribution in [2.75, 3.05) is 33.4 Å². The third-order valence-corrected chi connectivity index (χ3v) is 3.28. The molecule has 0 amide bonds. The maximum Gasteiger partial charge on any atom is 0.208 e. The van der Waals surface area contributed by atoms with Gasteiger partial charge in [-0.1, -0.05) is 6.42 Å². The Balaban J connectivity index is 2.37. The Morgan fingerprint density at radius 3 is 2.76 bits per heavy atom. The summed E-state index contributed by atoms with van der Waals surface area (Å²) in [5, 5.41) is 0. The number of nitrogens with zero attached hydrogens (tertiary/aromatic N) is 2. The van der Waals surface area contributed by atoms with Gasteiger partial charge in [0.1, 0.15) is 0 Å². The molecule has 17 heavy (non-hydrogen) atoms. The molecule has 5 heteroatoms. The zero-order chi connectivity index (χ0) is 12.5. The molecule has 0 aromatic rings. The quantitative estimate of drug-likeness (QED) is 0.229. The molecule has 3 N–H and O–H groups in total. The second-order valence-corrected chi connectivity index (χ2v) is 4.53. The summed E-state index contributed by atoms with van der Waals surface area (Å²) >= 11 is 0. The first kappa shape index (κ1) is 14.3. The molecule has 0 atom stereocenters. The van der Waals surface area contributed by atoms with Crippen LogP contribution in [-0.2, 0) is 4.74 Å². The lowest BCUT2D eigenvalue weighted by Gasteiger charge is -2.33. The van der Waals surface area contributed by atoms with Gasteiger partial charge in [-0.05, 0) is 32.1 Å². The van der Waals surface area contributed by atoms with Crippen molar-refractivity contribution in [3.63, 3.8) is 0 Å². The molecule has 1 aliphatic carbocycles. The van der Waals surface area contributed by atoms with E-state index in [2.05, 4.69) is 22.2 Å². The molecule has 0 spiro atoms. The smallest absolute Gasteiger partial charge is 0.208 e. The minimum atomic E-state index is 0.746. The maximum atomic E-state index is 5.55. The number of methoxy groups -OCH3 is 1. The molecule has 5 nitrogen and oxygen atoms in total. The number of ether oxygens (including phenoxy) is 1. The molecule has 0 heterocycles. The minimum Gasteiger partial charge on any atom is -0.385 e. The topological polar surface area (TPSA) is 62.9 Å². The SMILES string of the molecule is CCN(CC1CCC1)C(=NCCCOC)NN. The lowest BCUT2D eigenvalue weighted by molar-refractivity contribution is 0.196. The average molecular weight is 242 g/mol. The Morgan fingerprint density at radius 2 is 2.29 bits per heavy atom. The number of hydrogen-bond acceptors (Lipinski definition) is 3. The molecule has 0 aliphatic heterocycles. The van der Waals surface area contributed by atoms with Crippen LogP contribution in [-0.4, -0.2) is 44.2 Å². The maximum absolute atomic E-state index is 5.55. The molecule has 1 aliphatic rings. The number of nitrogens with two attached hydrogens (primary N) is 1. The van der Waals surface area contributed by atoms with Crippen LogP contribution in [0.4, 0.5) is 0 Å². The fourth-order valence-corrected chi connectivity index (χ4v) is 1.98. The van der Waals surface area contributed by atoms with Gasteiger partial charge >= 0.3 is 0 Å². The van der Waals surface area contributed by atoms with Crippen molar-refractivity contribution >= 4 is 5.96 Å². The number of nitrogens with one attached hydrogen (secondary N) is 1. The van der Waals surface area contributed by atoms with E-state index in [0.29, 0.717) is 0 Å². The second-order valence-electron chi connectivity index (χ2n) is 4.53. The third kappa shape index (κ3) is 4.91. The first-order chi connectivity index (χ1) is 8.31. The van der Waals surface area contributed by atoms with E-state index < -0.39 is 0 Å². The summed E-state index contributed by atoms with van der Waals surface area (Å²) in [5.74, 6) is 7.19. The van der Waals surface area contributed by atoms with Crippen LogP contribution in [0.3, 0.4) is 0 Å². The van der Waals surface area contributed by atoms with E-state index in [1.807, 2.05) is 0 Å². The minimum absolute atomic E-state index is 0.746. The fraction of sp³-hybridized carbons (Fsp3) is 0.917. The van der Waals surface area contributed by atoms with Crippen molar-refractivity contribution in [3.8, 4) is 0 Å². The van der Waals surface area contributed by atoms with Gasteiger partial charge in [-0.15, -0.1) is 0 Å². The Kier molecular flexibility index (Phi) is 6.96. The van der Waals surface area contributed by atoms with Crippen molar-refractivity contribution in [1.29, 1.82) is 0 Å². The zero-order valence-corrected chi connectivity index (χ0v) is 11.1. The van der Waals surface area contributed by atoms with E-state index >= 15 is 0 Å². The normalized spacial score (nSPS) is 16.8. The predicted molar refractivity (Wildman–Crippen MR) is 70.7 cm³/mol. The monoisotopic (exact) mass is 242 g/mol. The van der Waals surface area contributed by atoms with Gasteiger partial charge in [-0.25, -0.2) is 5.84 Å². The van der Waals surface area contributed by atoms with E-state index in [4.69, 9.17) is 10.6 Å². The molecule has 1 saturated carbocycles. The van der Waals surface area contributed by atoms with Crippen molar-refractivity contribution in [2.45, 2.75) is 32.6 Å². The van der Waals surface area contributed by atoms with E-state index in [1.54, 1.807) is 7.11 Å². The van der Waals surface area contributed by atoms with Crippen LogP contribution < -0.4 is 11.3 Å². The number of guanidine groups is 1. The number of hydrogen-bond donors (Lipinski definition) is 2. The first-order valence-electron chi connectivity index (χ1n) is 6.56. The molecular weight excluding hydrogens is 216 g/mol. The van der Waals surface area contributed by atoms with Gasteiger partial charge < -0.3 is 9.64 Å². The largest absolute Gasteiger partial charge is 0.385 e. The standard InChI is InChI=1S/C12H26N4O/c1-3-16(10-11-6-4-7-11)12(15-13)14-8-5-9-17-2/h11H,3-10,13H2,1-2H3,(H,14,15). The highest BCUT2D eigenvalue weighted by molar-refractivity contribution is 5.79. The lowest BCUT2D eigenvalue weighted by Crippen LogP contribution is -2.47. The number of rotatable bonds is 7.